The average molecular weight is 267 g/mol. The molecule has 0 radical (unpaired) electrons. The van der Waals surface area contributed by atoms with Gasteiger partial charge in [-0.25, -0.2) is 0 Å². The minimum atomic E-state index is -2.78. The summed E-state index contributed by atoms with van der Waals surface area (Å²) in [6.07, 6.45) is 2.43. The SMILES string of the molecule is FC(F)(c1csc2ccccc12)C1CCCCN1. The highest BCUT2D eigenvalue weighted by Crippen LogP contribution is 2.41. The van der Waals surface area contributed by atoms with Crippen molar-refractivity contribution in [1.29, 1.82) is 0 Å². The van der Waals surface area contributed by atoms with Crippen molar-refractivity contribution < 1.29 is 8.78 Å². The topological polar surface area (TPSA) is 12.0 Å². The second kappa shape index (κ2) is 4.59. The van der Waals surface area contributed by atoms with Gasteiger partial charge < -0.3 is 5.32 Å². The fourth-order valence-corrected chi connectivity index (χ4v) is 3.58. The Morgan fingerprint density at radius 3 is 2.83 bits per heavy atom. The molecule has 0 spiro atoms. The number of halogens is 2. The molecule has 4 heteroatoms. The zero-order valence-electron chi connectivity index (χ0n) is 9.96. The van der Waals surface area contributed by atoms with E-state index in [2.05, 4.69) is 5.32 Å². The van der Waals surface area contributed by atoms with Crippen molar-refractivity contribution >= 4 is 21.4 Å². The van der Waals surface area contributed by atoms with Crippen LogP contribution in [0.2, 0.25) is 0 Å². The normalized spacial score (nSPS) is 21.3. The Labute approximate surface area is 109 Å². The summed E-state index contributed by atoms with van der Waals surface area (Å²) in [5.74, 6) is -2.78. The Balaban J connectivity index is 2.01. The second-order valence-electron chi connectivity index (χ2n) is 4.77. The van der Waals surface area contributed by atoms with Crippen LogP contribution in [0.1, 0.15) is 24.8 Å². The van der Waals surface area contributed by atoms with E-state index in [-0.39, 0.29) is 5.56 Å². The Hall–Kier alpha value is -1.00. The first kappa shape index (κ1) is 12.1. The van der Waals surface area contributed by atoms with E-state index in [4.69, 9.17) is 0 Å². The molecule has 1 saturated heterocycles. The number of hydrogen-bond acceptors (Lipinski definition) is 2. The summed E-state index contributed by atoms with van der Waals surface area (Å²) in [6, 6.07) is 6.68. The minimum Gasteiger partial charge on any atom is -0.308 e. The molecule has 1 nitrogen and oxygen atoms in total. The second-order valence-corrected chi connectivity index (χ2v) is 5.68. The fourth-order valence-electron chi connectivity index (χ4n) is 2.58. The lowest BCUT2D eigenvalue weighted by Crippen LogP contribution is -2.45. The van der Waals surface area contributed by atoms with Gasteiger partial charge in [-0.1, -0.05) is 24.6 Å². The molecule has 96 valence electrons. The van der Waals surface area contributed by atoms with E-state index in [0.717, 1.165) is 17.5 Å². The quantitative estimate of drug-likeness (QED) is 0.862. The van der Waals surface area contributed by atoms with E-state index in [9.17, 15) is 8.78 Å². The smallest absolute Gasteiger partial charge is 0.289 e. The maximum Gasteiger partial charge on any atom is 0.289 e. The maximum absolute atomic E-state index is 14.5. The van der Waals surface area contributed by atoms with Crippen molar-refractivity contribution in [3.8, 4) is 0 Å². The number of fused-ring (bicyclic) bond motifs is 1. The first-order valence-corrected chi connectivity index (χ1v) is 7.15. The highest BCUT2D eigenvalue weighted by molar-refractivity contribution is 7.17. The standard InChI is InChI=1S/C14H15F2NS/c15-14(16,13-7-3-4-8-17-13)11-9-18-12-6-2-1-5-10(11)12/h1-2,5-6,9,13,17H,3-4,7-8H2. The molecule has 1 atom stereocenters. The molecule has 1 aliphatic heterocycles. The van der Waals surface area contributed by atoms with Crippen molar-refractivity contribution in [2.75, 3.05) is 6.54 Å². The van der Waals surface area contributed by atoms with Gasteiger partial charge in [0.05, 0.1) is 6.04 Å². The van der Waals surface area contributed by atoms with E-state index in [0.29, 0.717) is 18.4 Å². The van der Waals surface area contributed by atoms with Gasteiger partial charge in [0.15, 0.2) is 0 Å². The third kappa shape index (κ3) is 1.93. The van der Waals surface area contributed by atoms with Gasteiger partial charge in [0.2, 0.25) is 0 Å². The van der Waals surface area contributed by atoms with Gasteiger partial charge in [-0.15, -0.1) is 11.3 Å². The van der Waals surface area contributed by atoms with Crippen LogP contribution < -0.4 is 5.32 Å². The number of piperidine rings is 1. The highest BCUT2D eigenvalue weighted by atomic mass is 32.1. The predicted octanol–water partition coefficient (Wildman–Crippen LogP) is 4.14. The highest BCUT2D eigenvalue weighted by Gasteiger charge is 2.43. The van der Waals surface area contributed by atoms with Crippen LogP contribution in [0, 0.1) is 0 Å². The van der Waals surface area contributed by atoms with Gasteiger partial charge in [0, 0.05) is 21.0 Å². The summed E-state index contributed by atoms with van der Waals surface area (Å²) < 4.78 is 30.0. The number of benzene rings is 1. The Morgan fingerprint density at radius 2 is 2.06 bits per heavy atom. The Bertz CT molecular complexity index is 543. The number of thiophene rings is 1. The number of alkyl halides is 2. The molecule has 2 heterocycles. The molecule has 0 amide bonds. The molecule has 3 rings (SSSR count). The van der Waals surface area contributed by atoms with Gasteiger partial charge in [0.1, 0.15) is 0 Å². The zero-order valence-corrected chi connectivity index (χ0v) is 10.8. The van der Waals surface area contributed by atoms with Crippen LogP contribution in [0.3, 0.4) is 0 Å². The predicted molar refractivity (Wildman–Crippen MR) is 71.4 cm³/mol. The van der Waals surface area contributed by atoms with Gasteiger partial charge in [-0.2, -0.15) is 8.78 Å². The van der Waals surface area contributed by atoms with Gasteiger partial charge in [0.25, 0.3) is 5.92 Å². The number of nitrogens with one attached hydrogen (secondary N) is 1. The minimum absolute atomic E-state index is 0.183. The molecule has 1 fully saturated rings. The molecule has 0 aliphatic carbocycles. The van der Waals surface area contributed by atoms with Crippen molar-refractivity contribution in [3.63, 3.8) is 0 Å². The average Bonchev–Trinajstić information content (AvgIpc) is 2.84. The van der Waals surface area contributed by atoms with E-state index >= 15 is 0 Å². The van der Waals surface area contributed by atoms with Crippen LogP contribution in [-0.2, 0) is 5.92 Å². The van der Waals surface area contributed by atoms with Crippen molar-refractivity contribution in [2.45, 2.75) is 31.2 Å². The first-order chi connectivity index (χ1) is 8.69. The third-order valence-corrected chi connectivity index (χ3v) is 4.55. The van der Waals surface area contributed by atoms with Gasteiger partial charge >= 0.3 is 0 Å². The van der Waals surface area contributed by atoms with Crippen molar-refractivity contribution in [1.82, 2.24) is 5.32 Å². The molecule has 1 N–H and O–H groups in total. The van der Waals surface area contributed by atoms with Crippen LogP contribution in [0.5, 0.6) is 0 Å². The largest absolute Gasteiger partial charge is 0.308 e. The molecule has 18 heavy (non-hydrogen) atoms. The molecule has 1 unspecified atom stereocenters. The summed E-state index contributed by atoms with van der Waals surface area (Å²) in [5, 5.41) is 5.27. The molecular weight excluding hydrogens is 252 g/mol. The fraction of sp³-hybridized carbons (Fsp3) is 0.429. The first-order valence-electron chi connectivity index (χ1n) is 6.27. The number of rotatable bonds is 2. The Morgan fingerprint density at radius 1 is 1.22 bits per heavy atom. The van der Waals surface area contributed by atoms with Crippen molar-refractivity contribution in [2.24, 2.45) is 0 Å². The van der Waals surface area contributed by atoms with Crippen LogP contribution in [0.15, 0.2) is 29.6 Å². The summed E-state index contributed by atoms with van der Waals surface area (Å²) >= 11 is 1.40. The monoisotopic (exact) mass is 267 g/mol. The van der Waals surface area contributed by atoms with Crippen LogP contribution in [0.25, 0.3) is 10.1 Å². The van der Waals surface area contributed by atoms with Crippen molar-refractivity contribution in [3.05, 3.63) is 35.2 Å². The number of hydrogen-bond donors (Lipinski definition) is 1. The van der Waals surface area contributed by atoms with E-state index in [1.54, 1.807) is 11.4 Å². The van der Waals surface area contributed by atoms with E-state index in [1.165, 1.54) is 11.3 Å². The van der Waals surface area contributed by atoms with E-state index < -0.39 is 12.0 Å². The summed E-state index contributed by atoms with van der Waals surface area (Å²) in [6.45, 7) is 0.697. The summed E-state index contributed by atoms with van der Waals surface area (Å²) in [7, 11) is 0. The van der Waals surface area contributed by atoms with E-state index in [1.807, 2.05) is 18.2 Å². The van der Waals surface area contributed by atoms with Crippen LogP contribution in [0.4, 0.5) is 8.78 Å². The van der Waals surface area contributed by atoms with Crippen LogP contribution in [-0.4, -0.2) is 12.6 Å². The van der Waals surface area contributed by atoms with Gasteiger partial charge in [-0.05, 0) is 25.5 Å². The molecule has 2 aromatic rings. The Kier molecular flexibility index (Phi) is 3.08. The molecule has 0 saturated carbocycles. The molecule has 0 bridgehead atoms. The lowest BCUT2D eigenvalue weighted by molar-refractivity contribution is -0.0495. The lowest BCUT2D eigenvalue weighted by Gasteiger charge is -2.31. The lowest BCUT2D eigenvalue weighted by atomic mass is 9.93. The zero-order chi connectivity index (χ0) is 12.6. The molecule has 1 aromatic carbocycles. The molecule has 1 aliphatic rings. The van der Waals surface area contributed by atoms with Crippen LogP contribution >= 0.6 is 11.3 Å². The third-order valence-electron chi connectivity index (χ3n) is 3.59. The van der Waals surface area contributed by atoms with Gasteiger partial charge in [-0.3, -0.25) is 0 Å². The summed E-state index contributed by atoms with van der Waals surface area (Å²) in [5.41, 5.74) is 0.183. The summed E-state index contributed by atoms with van der Waals surface area (Å²) in [4.78, 5) is 0. The molecular formula is C14H15F2NS. The maximum atomic E-state index is 14.5. The molecule has 1 aromatic heterocycles.